The van der Waals surface area contributed by atoms with Gasteiger partial charge in [-0.05, 0) is 5.56 Å². The maximum Gasteiger partial charge on any atom is 0.304 e. The summed E-state index contributed by atoms with van der Waals surface area (Å²) in [6, 6.07) is 11.8. The van der Waals surface area contributed by atoms with Gasteiger partial charge in [0.05, 0.1) is 19.0 Å². The van der Waals surface area contributed by atoms with Crippen LogP contribution in [0.1, 0.15) is 12.0 Å². The van der Waals surface area contributed by atoms with E-state index in [1.165, 1.54) is 0 Å². The summed E-state index contributed by atoms with van der Waals surface area (Å²) in [6.07, 6.45) is 0.0640. The van der Waals surface area contributed by atoms with Gasteiger partial charge in [0.15, 0.2) is 0 Å². The van der Waals surface area contributed by atoms with E-state index in [4.69, 9.17) is 10.4 Å². The van der Waals surface area contributed by atoms with E-state index in [9.17, 15) is 4.79 Å². The van der Waals surface area contributed by atoms with Gasteiger partial charge in [-0.15, -0.1) is 0 Å². The molecule has 16 heavy (non-hydrogen) atoms. The summed E-state index contributed by atoms with van der Waals surface area (Å²) in [7, 11) is 0. The third kappa shape index (κ3) is 4.58. The molecular weight excluding hydrogens is 204 g/mol. The minimum absolute atomic E-state index is 0.0640. The topological polar surface area (TPSA) is 64.3 Å². The third-order valence-corrected chi connectivity index (χ3v) is 2.19. The standard InChI is InChI=1S/C12H14N2O2/c13-7-9-14(8-6-12(15)16)10-11-4-2-1-3-5-11/h1-5H,6,8-10H2,(H,15,16). The highest BCUT2D eigenvalue weighted by Crippen LogP contribution is 2.04. The molecule has 0 spiro atoms. The van der Waals surface area contributed by atoms with Crippen LogP contribution in [-0.4, -0.2) is 29.1 Å². The Morgan fingerprint density at radius 1 is 1.38 bits per heavy atom. The molecule has 0 aliphatic heterocycles. The number of nitrogens with zero attached hydrogens (tertiary/aromatic N) is 2. The fourth-order valence-corrected chi connectivity index (χ4v) is 1.41. The second-order valence-electron chi connectivity index (χ2n) is 3.50. The Bertz CT molecular complexity index is 370. The molecule has 84 valence electrons. The molecule has 0 fully saturated rings. The fraction of sp³-hybridized carbons (Fsp3) is 0.333. The van der Waals surface area contributed by atoms with Crippen LogP contribution in [-0.2, 0) is 11.3 Å². The predicted molar refractivity (Wildman–Crippen MR) is 59.6 cm³/mol. The van der Waals surface area contributed by atoms with Gasteiger partial charge in [0.1, 0.15) is 0 Å². The Hall–Kier alpha value is -1.86. The minimum Gasteiger partial charge on any atom is -0.481 e. The minimum atomic E-state index is -0.837. The molecule has 0 amide bonds. The van der Waals surface area contributed by atoms with E-state index in [1.807, 2.05) is 41.3 Å². The van der Waals surface area contributed by atoms with Crippen molar-refractivity contribution in [3.8, 4) is 6.07 Å². The highest BCUT2D eigenvalue weighted by Gasteiger charge is 2.07. The van der Waals surface area contributed by atoms with E-state index in [-0.39, 0.29) is 13.0 Å². The van der Waals surface area contributed by atoms with Crippen LogP contribution in [0.5, 0.6) is 0 Å². The Kier molecular flexibility index (Phi) is 5.03. The lowest BCUT2D eigenvalue weighted by atomic mass is 10.2. The van der Waals surface area contributed by atoms with Crippen LogP contribution >= 0.6 is 0 Å². The van der Waals surface area contributed by atoms with Crippen LogP contribution in [0.15, 0.2) is 30.3 Å². The van der Waals surface area contributed by atoms with Crippen LogP contribution < -0.4 is 0 Å². The van der Waals surface area contributed by atoms with Crippen molar-refractivity contribution in [2.45, 2.75) is 13.0 Å². The first-order chi connectivity index (χ1) is 7.72. The highest BCUT2D eigenvalue weighted by molar-refractivity contribution is 5.66. The predicted octanol–water partition coefficient (Wildman–Crippen LogP) is 1.49. The van der Waals surface area contributed by atoms with E-state index < -0.39 is 5.97 Å². The van der Waals surface area contributed by atoms with Crippen molar-refractivity contribution < 1.29 is 9.90 Å². The number of carboxylic acids is 1. The summed E-state index contributed by atoms with van der Waals surface area (Å²) in [5, 5.41) is 17.2. The molecule has 4 nitrogen and oxygen atoms in total. The molecule has 1 aromatic rings. The van der Waals surface area contributed by atoms with E-state index in [2.05, 4.69) is 0 Å². The van der Waals surface area contributed by atoms with Crippen LogP contribution in [0, 0.1) is 11.3 Å². The maximum atomic E-state index is 10.5. The molecule has 0 unspecified atom stereocenters. The van der Waals surface area contributed by atoms with Gasteiger partial charge in [-0.1, -0.05) is 30.3 Å². The zero-order chi connectivity index (χ0) is 11.8. The normalized spacial score (nSPS) is 10.0. The van der Waals surface area contributed by atoms with E-state index in [1.54, 1.807) is 0 Å². The van der Waals surface area contributed by atoms with Crippen LogP contribution in [0.3, 0.4) is 0 Å². The van der Waals surface area contributed by atoms with Crippen molar-refractivity contribution >= 4 is 5.97 Å². The number of carboxylic acid groups (broad SMARTS) is 1. The quantitative estimate of drug-likeness (QED) is 0.735. The number of rotatable bonds is 6. The fourth-order valence-electron chi connectivity index (χ4n) is 1.41. The molecule has 0 atom stereocenters. The lowest BCUT2D eigenvalue weighted by molar-refractivity contribution is -0.137. The number of aliphatic carboxylic acids is 1. The molecule has 0 aliphatic rings. The van der Waals surface area contributed by atoms with Crippen LogP contribution in [0.2, 0.25) is 0 Å². The molecule has 0 aromatic heterocycles. The van der Waals surface area contributed by atoms with Gasteiger partial charge < -0.3 is 5.11 Å². The second-order valence-corrected chi connectivity index (χ2v) is 3.50. The number of hydrogen-bond acceptors (Lipinski definition) is 3. The van der Waals surface area contributed by atoms with Gasteiger partial charge in [-0.3, -0.25) is 9.69 Å². The largest absolute Gasteiger partial charge is 0.481 e. The number of hydrogen-bond donors (Lipinski definition) is 1. The summed E-state index contributed by atoms with van der Waals surface area (Å²) >= 11 is 0. The summed E-state index contributed by atoms with van der Waals surface area (Å²) < 4.78 is 0. The first-order valence-corrected chi connectivity index (χ1v) is 5.07. The van der Waals surface area contributed by atoms with Crippen LogP contribution in [0.4, 0.5) is 0 Å². The van der Waals surface area contributed by atoms with Crippen molar-refractivity contribution in [1.82, 2.24) is 4.90 Å². The molecule has 1 N–H and O–H groups in total. The lowest BCUT2D eigenvalue weighted by Crippen LogP contribution is -2.26. The summed E-state index contributed by atoms with van der Waals surface area (Å²) in [5.74, 6) is -0.837. The maximum absolute atomic E-state index is 10.5. The SMILES string of the molecule is N#CCN(CCC(=O)O)Cc1ccccc1. The molecule has 0 bridgehead atoms. The van der Waals surface area contributed by atoms with Crippen molar-refractivity contribution in [3.63, 3.8) is 0 Å². The molecule has 0 saturated carbocycles. The Labute approximate surface area is 94.7 Å². The Morgan fingerprint density at radius 3 is 2.62 bits per heavy atom. The monoisotopic (exact) mass is 218 g/mol. The average Bonchev–Trinajstić information content (AvgIpc) is 2.27. The third-order valence-electron chi connectivity index (χ3n) is 2.19. The zero-order valence-electron chi connectivity index (χ0n) is 8.97. The molecule has 1 aromatic carbocycles. The molecular formula is C12H14N2O2. The number of benzene rings is 1. The molecule has 0 saturated heterocycles. The van der Waals surface area contributed by atoms with Crippen molar-refractivity contribution in [2.24, 2.45) is 0 Å². The van der Waals surface area contributed by atoms with Gasteiger partial charge in [-0.25, -0.2) is 0 Å². The molecule has 0 heterocycles. The average molecular weight is 218 g/mol. The summed E-state index contributed by atoms with van der Waals surface area (Å²) in [5.41, 5.74) is 1.09. The smallest absolute Gasteiger partial charge is 0.304 e. The van der Waals surface area contributed by atoms with Crippen LogP contribution in [0.25, 0.3) is 0 Å². The first kappa shape index (κ1) is 12.2. The highest BCUT2D eigenvalue weighted by atomic mass is 16.4. The van der Waals surface area contributed by atoms with Crippen molar-refractivity contribution in [1.29, 1.82) is 5.26 Å². The number of carbonyl (C=O) groups is 1. The number of nitriles is 1. The van der Waals surface area contributed by atoms with E-state index in [0.29, 0.717) is 13.1 Å². The summed E-state index contributed by atoms with van der Waals surface area (Å²) in [6.45, 7) is 1.27. The second kappa shape index (κ2) is 6.59. The molecule has 4 heteroatoms. The summed E-state index contributed by atoms with van der Waals surface area (Å²) in [4.78, 5) is 12.3. The van der Waals surface area contributed by atoms with E-state index >= 15 is 0 Å². The van der Waals surface area contributed by atoms with Gasteiger partial charge in [0, 0.05) is 13.1 Å². The Balaban J connectivity index is 2.51. The molecule has 0 radical (unpaired) electrons. The van der Waals surface area contributed by atoms with Crippen molar-refractivity contribution in [3.05, 3.63) is 35.9 Å². The Morgan fingerprint density at radius 2 is 2.06 bits per heavy atom. The zero-order valence-corrected chi connectivity index (χ0v) is 8.97. The molecule has 1 rings (SSSR count). The van der Waals surface area contributed by atoms with Gasteiger partial charge in [-0.2, -0.15) is 5.26 Å². The van der Waals surface area contributed by atoms with Gasteiger partial charge in [0.2, 0.25) is 0 Å². The first-order valence-electron chi connectivity index (χ1n) is 5.07. The van der Waals surface area contributed by atoms with Gasteiger partial charge in [0.25, 0.3) is 0 Å². The van der Waals surface area contributed by atoms with Crippen molar-refractivity contribution in [2.75, 3.05) is 13.1 Å². The van der Waals surface area contributed by atoms with Gasteiger partial charge >= 0.3 is 5.97 Å². The van der Waals surface area contributed by atoms with E-state index in [0.717, 1.165) is 5.56 Å². The lowest BCUT2D eigenvalue weighted by Gasteiger charge is -2.17. The molecule has 0 aliphatic carbocycles.